The summed E-state index contributed by atoms with van der Waals surface area (Å²) in [5.74, 6) is 0.362. The normalized spacial score (nSPS) is 11.8. The van der Waals surface area contributed by atoms with Crippen LogP contribution in [0.3, 0.4) is 0 Å². The molecule has 9 heteroatoms. The summed E-state index contributed by atoms with van der Waals surface area (Å²) in [6.45, 7) is 5.49. The van der Waals surface area contributed by atoms with Crippen molar-refractivity contribution in [3.8, 4) is 11.5 Å². The van der Waals surface area contributed by atoms with E-state index in [1.165, 1.54) is 17.0 Å². The molecule has 0 aliphatic carbocycles. The highest BCUT2D eigenvalue weighted by Gasteiger charge is 2.32. The third kappa shape index (κ3) is 8.23. The molecule has 0 aliphatic rings. The van der Waals surface area contributed by atoms with Crippen molar-refractivity contribution in [2.45, 2.75) is 38.1 Å². The minimum atomic E-state index is -4.15. The van der Waals surface area contributed by atoms with Crippen LogP contribution in [0.5, 0.6) is 11.5 Å². The van der Waals surface area contributed by atoms with E-state index in [1.807, 2.05) is 74.5 Å². The van der Waals surface area contributed by atoms with Crippen LogP contribution in [0.15, 0.2) is 114 Å². The van der Waals surface area contributed by atoms with Gasteiger partial charge in [0.05, 0.1) is 10.6 Å². The van der Waals surface area contributed by atoms with E-state index in [9.17, 15) is 18.0 Å². The summed E-state index contributed by atoms with van der Waals surface area (Å²) in [5.41, 5.74) is 2.20. The van der Waals surface area contributed by atoms with Gasteiger partial charge in [-0.2, -0.15) is 0 Å². The van der Waals surface area contributed by atoms with Gasteiger partial charge in [0.2, 0.25) is 11.8 Å². The van der Waals surface area contributed by atoms with Crippen molar-refractivity contribution >= 4 is 27.5 Å². The summed E-state index contributed by atoms with van der Waals surface area (Å²) < 4.78 is 35.0. The first-order valence-electron chi connectivity index (χ1n) is 14.2. The van der Waals surface area contributed by atoms with E-state index in [4.69, 9.17) is 4.74 Å². The number of amides is 2. The Morgan fingerprint density at radius 1 is 0.814 bits per heavy atom. The second kappa shape index (κ2) is 14.5. The Morgan fingerprint density at radius 2 is 1.40 bits per heavy atom. The fourth-order valence-electron chi connectivity index (χ4n) is 4.56. The van der Waals surface area contributed by atoms with E-state index in [1.54, 1.807) is 43.3 Å². The topological polar surface area (TPSA) is 96.0 Å². The fourth-order valence-corrected chi connectivity index (χ4v) is 5.98. The molecule has 0 saturated heterocycles. The lowest BCUT2D eigenvalue weighted by Gasteiger charge is -2.32. The minimum absolute atomic E-state index is 0.0584. The van der Waals surface area contributed by atoms with Crippen LogP contribution in [-0.4, -0.2) is 50.8 Å². The predicted molar refractivity (Wildman–Crippen MR) is 169 cm³/mol. The van der Waals surface area contributed by atoms with Crippen LogP contribution in [0.25, 0.3) is 0 Å². The third-order valence-electron chi connectivity index (χ3n) is 6.99. The summed E-state index contributed by atoms with van der Waals surface area (Å²) in [6.07, 6.45) is 0.507. The molecule has 4 aromatic carbocycles. The number of rotatable bonds is 13. The Hall–Kier alpha value is -4.63. The molecule has 0 aromatic heterocycles. The molecule has 0 heterocycles. The number of hydrogen-bond acceptors (Lipinski definition) is 5. The molecule has 0 fully saturated rings. The van der Waals surface area contributed by atoms with Crippen LogP contribution in [0, 0.1) is 6.92 Å². The lowest BCUT2D eigenvalue weighted by molar-refractivity contribution is -0.138. The van der Waals surface area contributed by atoms with Crippen molar-refractivity contribution < 1.29 is 22.7 Å². The highest BCUT2D eigenvalue weighted by molar-refractivity contribution is 7.92. The minimum Gasteiger partial charge on any atom is -0.457 e. The average Bonchev–Trinajstić information content (AvgIpc) is 3.01. The summed E-state index contributed by atoms with van der Waals surface area (Å²) >= 11 is 0. The Kier molecular flexibility index (Phi) is 10.6. The number of nitrogens with zero attached hydrogens (tertiary/aromatic N) is 2. The Morgan fingerprint density at radius 3 is 2.00 bits per heavy atom. The standard InChI is InChI=1S/C34H37N3O5S/c1-4-35-34(39)27(3)36(24-23-28-11-7-5-8-12-28)33(38)25-37(43(40,41)32-21-15-26(2)16-22-32)29-17-19-31(20-18-29)42-30-13-9-6-10-14-30/h5-22,27H,4,23-25H2,1-3H3,(H,35,39). The van der Waals surface area contributed by atoms with Gasteiger partial charge < -0.3 is 15.0 Å². The van der Waals surface area contributed by atoms with Crippen LogP contribution in [0.4, 0.5) is 5.69 Å². The SMILES string of the molecule is CCNC(=O)C(C)N(CCc1ccccc1)C(=O)CN(c1ccc(Oc2ccccc2)cc1)S(=O)(=O)c1ccc(C)cc1. The number of hydrogen-bond donors (Lipinski definition) is 1. The quantitative estimate of drug-likeness (QED) is 0.217. The molecule has 8 nitrogen and oxygen atoms in total. The number of carbonyl (C=O) groups excluding carboxylic acids is 2. The zero-order valence-corrected chi connectivity index (χ0v) is 25.5. The molecular formula is C34H37N3O5S. The number of likely N-dealkylation sites (N-methyl/N-ethyl adjacent to an activating group) is 1. The van der Waals surface area contributed by atoms with E-state index < -0.39 is 28.5 Å². The van der Waals surface area contributed by atoms with E-state index >= 15 is 0 Å². The molecule has 1 unspecified atom stereocenters. The number of carbonyl (C=O) groups is 2. The molecule has 43 heavy (non-hydrogen) atoms. The molecule has 1 atom stereocenters. The number of anilines is 1. The molecule has 4 rings (SSSR count). The summed E-state index contributed by atoms with van der Waals surface area (Å²) in [5, 5.41) is 2.77. The molecular weight excluding hydrogens is 562 g/mol. The van der Waals surface area contributed by atoms with Crippen molar-refractivity contribution in [2.75, 3.05) is 23.9 Å². The monoisotopic (exact) mass is 599 g/mol. The summed E-state index contributed by atoms with van der Waals surface area (Å²) in [4.78, 5) is 28.3. The van der Waals surface area contributed by atoms with Crippen LogP contribution in [0.1, 0.15) is 25.0 Å². The molecule has 0 aliphatic heterocycles. The van der Waals surface area contributed by atoms with Gasteiger partial charge in [-0.15, -0.1) is 0 Å². The number of ether oxygens (including phenoxy) is 1. The van der Waals surface area contributed by atoms with Gasteiger partial charge >= 0.3 is 0 Å². The average molecular weight is 600 g/mol. The van der Waals surface area contributed by atoms with Gasteiger partial charge in [0.25, 0.3) is 10.0 Å². The highest BCUT2D eigenvalue weighted by Crippen LogP contribution is 2.28. The first-order chi connectivity index (χ1) is 20.7. The van der Waals surface area contributed by atoms with E-state index in [2.05, 4.69) is 5.32 Å². The largest absolute Gasteiger partial charge is 0.457 e. The first kappa shape index (κ1) is 31.3. The summed E-state index contributed by atoms with van der Waals surface area (Å²) in [7, 11) is -4.15. The summed E-state index contributed by atoms with van der Waals surface area (Å²) in [6, 6.07) is 31.1. The number of benzene rings is 4. The van der Waals surface area contributed by atoms with E-state index in [0.29, 0.717) is 30.2 Å². The highest BCUT2D eigenvalue weighted by atomic mass is 32.2. The van der Waals surface area contributed by atoms with Crippen molar-refractivity contribution in [3.05, 3.63) is 120 Å². The second-order valence-electron chi connectivity index (χ2n) is 10.1. The van der Waals surface area contributed by atoms with Gasteiger partial charge in [0.15, 0.2) is 0 Å². The van der Waals surface area contributed by atoms with Crippen molar-refractivity contribution in [1.29, 1.82) is 0 Å². The van der Waals surface area contributed by atoms with Gasteiger partial charge in [-0.05, 0) is 81.3 Å². The Balaban J connectivity index is 1.66. The molecule has 0 bridgehead atoms. The first-order valence-corrected chi connectivity index (χ1v) is 15.7. The fraction of sp³-hybridized carbons (Fsp3) is 0.235. The molecule has 1 N–H and O–H groups in total. The van der Waals surface area contributed by atoms with Crippen LogP contribution >= 0.6 is 0 Å². The van der Waals surface area contributed by atoms with Gasteiger partial charge in [-0.3, -0.25) is 13.9 Å². The number of nitrogens with one attached hydrogen (secondary N) is 1. The third-order valence-corrected chi connectivity index (χ3v) is 8.78. The smallest absolute Gasteiger partial charge is 0.264 e. The zero-order chi connectivity index (χ0) is 30.8. The number of para-hydroxylation sites is 1. The number of sulfonamides is 1. The Labute approximate surface area is 254 Å². The molecule has 0 saturated carbocycles. The number of aryl methyl sites for hydroxylation is 1. The maximum atomic E-state index is 14.0. The lowest BCUT2D eigenvalue weighted by Crippen LogP contribution is -2.52. The molecule has 2 amide bonds. The van der Waals surface area contributed by atoms with Gasteiger partial charge in [-0.1, -0.05) is 66.2 Å². The molecule has 0 spiro atoms. The predicted octanol–water partition coefficient (Wildman–Crippen LogP) is 5.58. The van der Waals surface area contributed by atoms with E-state index in [0.717, 1.165) is 15.4 Å². The lowest BCUT2D eigenvalue weighted by atomic mass is 10.1. The van der Waals surface area contributed by atoms with Crippen molar-refractivity contribution in [3.63, 3.8) is 0 Å². The van der Waals surface area contributed by atoms with Crippen LogP contribution < -0.4 is 14.4 Å². The van der Waals surface area contributed by atoms with Crippen molar-refractivity contribution in [2.24, 2.45) is 0 Å². The molecule has 224 valence electrons. The van der Waals surface area contributed by atoms with Crippen LogP contribution in [0.2, 0.25) is 0 Å². The Bertz CT molecular complexity index is 1590. The zero-order valence-electron chi connectivity index (χ0n) is 24.6. The van der Waals surface area contributed by atoms with Gasteiger partial charge in [-0.25, -0.2) is 8.42 Å². The second-order valence-corrected chi connectivity index (χ2v) is 12.0. The van der Waals surface area contributed by atoms with Crippen molar-refractivity contribution in [1.82, 2.24) is 10.2 Å². The van der Waals surface area contributed by atoms with Crippen LogP contribution in [-0.2, 0) is 26.0 Å². The van der Waals surface area contributed by atoms with E-state index in [-0.39, 0.29) is 17.3 Å². The molecule has 4 aromatic rings. The maximum Gasteiger partial charge on any atom is 0.264 e. The van der Waals surface area contributed by atoms with Gasteiger partial charge in [0, 0.05) is 13.1 Å². The molecule has 0 radical (unpaired) electrons. The maximum absolute atomic E-state index is 14.0. The van der Waals surface area contributed by atoms with Gasteiger partial charge in [0.1, 0.15) is 24.1 Å².